The van der Waals surface area contributed by atoms with E-state index in [1.165, 1.54) is 11.3 Å². The molecule has 2 aromatic heterocycles. The normalized spacial score (nSPS) is 12.7. The van der Waals surface area contributed by atoms with Gasteiger partial charge in [-0.2, -0.15) is 5.10 Å². The van der Waals surface area contributed by atoms with Gasteiger partial charge in [0.25, 0.3) is 0 Å². The van der Waals surface area contributed by atoms with Crippen molar-refractivity contribution < 1.29 is 4.42 Å². The smallest absolute Gasteiger partial charge is 0.151 e. The SMILES string of the molecule is CCc1[nH]nc(NC(C)c2ccco2)c1C. The van der Waals surface area contributed by atoms with Crippen LogP contribution in [0.5, 0.6) is 0 Å². The van der Waals surface area contributed by atoms with Gasteiger partial charge in [0, 0.05) is 11.3 Å². The molecule has 0 aliphatic carbocycles. The average molecular weight is 219 g/mol. The Morgan fingerprint density at radius 1 is 1.56 bits per heavy atom. The molecule has 4 nitrogen and oxygen atoms in total. The number of furan rings is 1. The van der Waals surface area contributed by atoms with Gasteiger partial charge in [0.05, 0.1) is 12.3 Å². The molecule has 0 bridgehead atoms. The fraction of sp³-hybridized carbons (Fsp3) is 0.417. The summed E-state index contributed by atoms with van der Waals surface area (Å²) in [6.07, 6.45) is 2.65. The third kappa shape index (κ3) is 1.96. The van der Waals surface area contributed by atoms with Crippen LogP contribution in [-0.2, 0) is 6.42 Å². The molecule has 1 unspecified atom stereocenters. The Labute approximate surface area is 95.1 Å². The highest BCUT2D eigenvalue weighted by Gasteiger charge is 2.12. The summed E-state index contributed by atoms with van der Waals surface area (Å²) in [6, 6.07) is 3.98. The maximum absolute atomic E-state index is 5.34. The topological polar surface area (TPSA) is 53.9 Å². The number of nitrogens with zero attached hydrogens (tertiary/aromatic N) is 1. The largest absolute Gasteiger partial charge is 0.467 e. The average Bonchev–Trinajstić information content (AvgIpc) is 2.89. The van der Waals surface area contributed by atoms with Crippen LogP contribution in [0.25, 0.3) is 0 Å². The summed E-state index contributed by atoms with van der Waals surface area (Å²) >= 11 is 0. The van der Waals surface area contributed by atoms with Crippen LogP contribution in [0, 0.1) is 6.92 Å². The van der Waals surface area contributed by atoms with Crippen molar-refractivity contribution >= 4 is 5.82 Å². The zero-order valence-corrected chi connectivity index (χ0v) is 9.87. The molecule has 86 valence electrons. The molecule has 0 saturated heterocycles. The predicted molar refractivity (Wildman–Crippen MR) is 63.4 cm³/mol. The molecule has 1 atom stereocenters. The Morgan fingerprint density at radius 3 is 2.94 bits per heavy atom. The highest BCUT2D eigenvalue weighted by molar-refractivity contribution is 5.46. The maximum atomic E-state index is 5.34. The van der Waals surface area contributed by atoms with Crippen LogP contribution in [0.2, 0.25) is 0 Å². The van der Waals surface area contributed by atoms with Crippen molar-refractivity contribution in [1.29, 1.82) is 0 Å². The summed E-state index contributed by atoms with van der Waals surface area (Å²) in [5.74, 6) is 1.82. The fourth-order valence-electron chi connectivity index (χ4n) is 1.73. The Balaban J connectivity index is 2.12. The van der Waals surface area contributed by atoms with Crippen molar-refractivity contribution in [2.45, 2.75) is 33.2 Å². The molecule has 0 aliphatic rings. The summed E-state index contributed by atoms with van der Waals surface area (Å²) in [5, 5.41) is 10.6. The van der Waals surface area contributed by atoms with E-state index in [2.05, 4.69) is 36.3 Å². The number of hydrogen-bond donors (Lipinski definition) is 2. The van der Waals surface area contributed by atoms with Crippen molar-refractivity contribution in [1.82, 2.24) is 10.2 Å². The van der Waals surface area contributed by atoms with Crippen molar-refractivity contribution in [3.8, 4) is 0 Å². The number of rotatable bonds is 4. The van der Waals surface area contributed by atoms with Gasteiger partial charge in [-0.25, -0.2) is 0 Å². The van der Waals surface area contributed by atoms with Gasteiger partial charge in [-0.3, -0.25) is 5.10 Å². The Bertz CT molecular complexity index is 445. The molecule has 0 saturated carbocycles. The number of aromatic nitrogens is 2. The quantitative estimate of drug-likeness (QED) is 0.831. The van der Waals surface area contributed by atoms with E-state index in [0.29, 0.717) is 0 Å². The summed E-state index contributed by atoms with van der Waals surface area (Å²) in [4.78, 5) is 0. The van der Waals surface area contributed by atoms with E-state index in [1.54, 1.807) is 6.26 Å². The number of anilines is 1. The summed E-state index contributed by atoms with van der Waals surface area (Å²) < 4.78 is 5.34. The number of H-pyrrole nitrogens is 1. The van der Waals surface area contributed by atoms with Crippen LogP contribution in [0.15, 0.2) is 22.8 Å². The van der Waals surface area contributed by atoms with Gasteiger partial charge < -0.3 is 9.73 Å². The molecule has 2 N–H and O–H groups in total. The van der Waals surface area contributed by atoms with Crippen LogP contribution < -0.4 is 5.32 Å². The molecule has 0 fully saturated rings. The Hall–Kier alpha value is -1.71. The van der Waals surface area contributed by atoms with Gasteiger partial charge in [-0.15, -0.1) is 0 Å². The predicted octanol–water partition coefficient (Wildman–Crippen LogP) is 3.05. The van der Waals surface area contributed by atoms with E-state index in [-0.39, 0.29) is 6.04 Å². The lowest BCUT2D eigenvalue weighted by Crippen LogP contribution is -2.06. The van der Waals surface area contributed by atoms with Crippen molar-refractivity contribution in [2.75, 3.05) is 5.32 Å². The van der Waals surface area contributed by atoms with E-state index in [0.717, 1.165) is 18.0 Å². The number of aromatic amines is 1. The lowest BCUT2D eigenvalue weighted by molar-refractivity contribution is 0.490. The van der Waals surface area contributed by atoms with Gasteiger partial charge in [0.1, 0.15) is 5.76 Å². The van der Waals surface area contributed by atoms with Gasteiger partial charge in [0.15, 0.2) is 5.82 Å². The van der Waals surface area contributed by atoms with Crippen LogP contribution in [0.1, 0.15) is 36.9 Å². The maximum Gasteiger partial charge on any atom is 0.151 e. The van der Waals surface area contributed by atoms with Gasteiger partial charge in [-0.1, -0.05) is 6.92 Å². The Kier molecular flexibility index (Phi) is 2.99. The molecular formula is C12H17N3O. The molecule has 4 heteroatoms. The molecule has 0 spiro atoms. The molecule has 0 aliphatic heterocycles. The molecule has 2 aromatic rings. The van der Waals surface area contributed by atoms with E-state index in [1.807, 2.05) is 12.1 Å². The van der Waals surface area contributed by atoms with Crippen LogP contribution in [0.4, 0.5) is 5.82 Å². The minimum absolute atomic E-state index is 0.127. The highest BCUT2D eigenvalue weighted by atomic mass is 16.3. The monoisotopic (exact) mass is 219 g/mol. The summed E-state index contributed by atoms with van der Waals surface area (Å²) in [6.45, 7) is 6.23. The number of aryl methyl sites for hydroxylation is 1. The van der Waals surface area contributed by atoms with Crippen LogP contribution >= 0.6 is 0 Å². The molecule has 0 radical (unpaired) electrons. The molecule has 16 heavy (non-hydrogen) atoms. The van der Waals surface area contributed by atoms with Gasteiger partial charge in [0.2, 0.25) is 0 Å². The second-order valence-electron chi connectivity index (χ2n) is 3.91. The number of hydrogen-bond acceptors (Lipinski definition) is 3. The molecule has 2 heterocycles. The zero-order valence-electron chi connectivity index (χ0n) is 9.87. The first-order valence-corrected chi connectivity index (χ1v) is 5.56. The third-order valence-electron chi connectivity index (χ3n) is 2.79. The second kappa shape index (κ2) is 4.43. The van der Waals surface area contributed by atoms with Gasteiger partial charge in [-0.05, 0) is 32.4 Å². The van der Waals surface area contributed by atoms with Crippen molar-refractivity contribution in [3.63, 3.8) is 0 Å². The highest BCUT2D eigenvalue weighted by Crippen LogP contribution is 2.22. The lowest BCUT2D eigenvalue weighted by atomic mass is 10.2. The Morgan fingerprint density at radius 2 is 2.38 bits per heavy atom. The van der Waals surface area contributed by atoms with Crippen molar-refractivity contribution in [3.05, 3.63) is 35.4 Å². The summed E-state index contributed by atoms with van der Waals surface area (Å²) in [7, 11) is 0. The first-order valence-electron chi connectivity index (χ1n) is 5.56. The van der Waals surface area contributed by atoms with E-state index >= 15 is 0 Å². The van der Waals surface area contributed by atoms with Gasteiger partial charge >= 0.3 is 0 Å². The van der Waals surface area contributed by atoms with Crippen LogP contribution in [0.3, 0.4) is 0 Å². The van der Waals surface area contributed by atoms with E-state index in [4.69, 9.17) is 4.42 Å². The van der Waals surface area contributed by atoms with Crippen LogP contribution in [-0.4, -0.2) is 10.2 Å². The first kappa shape index (κ1) is 10.8. The minimum atomic E-state index is 0.127. The molecule has 2 rings (SSSR count). The zero-order chi connectivity index (χ0) is 11.5. The van der Waals surface area contributed by atoms with E-state index < -0.39 is 0 Å². The van der Waals surface area contributed by atoms with Crippen molar-refractivity contribution in [2.24, 2.45) is 0 Å². The molecular weight excluding hydrogens is 202 g/mol. The second-order valence-corrected chi connectivity index (χ2v) is 3.91. The fourth-order valence-corrected chi connectivity index (χ4v) is 1.73. The van der Waals surface area contributed by atoms with E-state index in [9.17, 15) is 0 Å². The third-order valence-corrected chi connectivity index (χ3v) is 2.79. The molecule has 0 aromatic carbocycles. The standard InChI is InChI=1S/C12H17N3O/c1-4-10-8(2)12(15-14-10)13-9(3)11-6-5-7-16-11/h5-7,9H,4H2,1-3H3,(H2,13,14,15). The lowest BCUT2D eigenvalue weighted by Gasteiger charge is -2.10. The minimum Gasteiger partial charge on any atom is -0.467 e. The summed E-state index contributed by atoms with van der Waals surface area (Å²) in [5.41, 5.74) is 2.36. The molecule has 0 amide bonds. The first-order chi connectivity index (χ1) is 7.72. The number of nitrogens with one attached hydrogen (secondary N) is 2.